The number of aliphatic hydroxyl groups is 2. The molecule has 0 saturated heterocycles. The van der Waals surface area contributed by atoms with E-state index < -0.39 is 11.9 Å². The van der Waals surface area contributed by atoms with E-state index in [4.69, 9.17) is 4.74 Å². The Labute approximate surface area is 82.2 Å². The Morgan fingerprint density at radius 3 is 3.07 bits per heavy atom. The number of allylic oxidation sites excluding steroid dienone is 1. The molecule has 0 spiro atoms. The molecule has 0 aromatic rings. The second-order valence-corrected chi connectivity index (χ2v) is 4.29. The van der Waals surface area contributed by atoms with Gasteiger partial charge in [-0.3, -0.25) is 4.79 Å². The zero-order valence-corrected chi connectivity index (χ0v) is 8.01. The zero-order chi connectivity index (χ0) is 10.3. The van der Waals surface area contributed by atoms with Crippen molar-refractivity contribution in [3.63, 3.8) is 0 Å². The van der Waals surface area contributed by atoms with E-state index in [1.54, 1.807) is 6.92 Å². The van der Waals surface area contributed by atoms with Crippen LogP contribution in [-0.4, -0.2) is 28.4 Å². The van der Waals surface area contributed by atoms with Gasteiger partial charge in [-0.15, -0.1) is 0 Å². The minimum Gasteiger partial charge on any atom is -0.472 e. The van der Waals surface area contributed by atoms with Gasteiger partial charge in [0.15, 0.2) is 0 Å². The first kappa shape index (κ1) is 9.68. The van der Waals surface area contributed by atoms with E-state index in [0.717, 1.165) is 12.7 Å². The second kappa shape index (κ2) is 3.07. The number of rotatable bonds is 1. The van der Waals surface area contributed by atoms with Gasteiger partial charge in [-0.05, 0) is 19.8 Å². The van der Waals surface area contributed by atoms with Gasteiger partial charge in [-0.1, -0.05) is 0 Å². The number of carbonyl (C=O) groups is 1. The summed E-state index contributed by atoms with van der Waals surface area (Å²) < 4.78 is 4.93. The molecule has 1 saturated carbocycles. The molecule has 2 aliphatic rings. The van der Waals surface area contributed by atoms with Crippen molar-refractivity contribution in [3.8, 4) is 0 Å². The Morgan fingerprint density at radius 2 is 2.43 bits per heavy atom. The normalized spacial score (nSPS) is 46.5. The van der Waals surface area contributed by atoms with Crippen LogP contribution in [0.25, 0.3) is 0 Å². The molecule has 2 rings (SSSR count). The van der Waals surface area contributed by atoms with E-state index in [-0.39, 0.29) is 11.8 Å². The SMILES string of the molecule is CC1(O)CCC2C(C=O)=COC(O)C21. The molecule has 1 fully saturated rings. The predicted octanol–water partition coefficient (Wildman–Crippen LogP) is 0.195. The van der Waals surface area contributed by atoms with Crippen molar-refractivity contribution in [2.24, 2.45) is 11.8 Å². The molecule has 1 aliphatic heterocycles. The van der Waals surface area contributed by atoms with Crippen LogP contribution in [0.3, 0.4) is 0 Å². The molecule has 14 heavy (non-hydrogen) atoms. The average Bonchev–Trinajstić information content (AvgIpc) is 2.44. The standard InChI is InChI=1S/C10H14O4/c1-10(13)3-2-7-6(4-11)5-14-9(12)8(7)10/h4-5,7-9,12-13H,2-3H2,1H3. The largest absolute Gasteiger partial charge is 0.472 e. The topological polar surface area (TPSA) is 66.8 Å². The van der Waals surface area contributed by atoms with Crippen molar-refractivity contribution in [1.29, 1.82) is 0 Å². The number of carbonyl (C=O) groups excluding carboxylic acids is 1. The number of fused-ring (bicyclic) bond motifs is 1. The molecule has 1 aliphatic carbocycles. The summed E-state index contributed by atoms with van der Waals surface area (Å²) in [6, 6.07) is 0. The van der Waals surface area contributed by atoms with Gasteiger partial charge in [0.1, 0.15) is 6.29 Å². The highest BCUT2D eigenvalue weighted by molar-refractivity contribution is 5.74. The van der Waals surface area contributed by atoms with Gasteiger partial charge in [0.2, 0.25) is 6.29 Å². The molecule has 0 amide bonds. The van der Waals surface area contributed by atoms with E-state index in [1.165, 1.54) is 6.26 Å². The van der Waals surface area contributed by atoms with E-state index in [1.807, 2.05) is 0 Å². The van der Waals surface area contributed by atoms with E-state index in [0.29, 0.717) is 12.0 Å². The van der Waals surface area contributed by atoms with Crippen LogP contribution < -0.4 is 0 Å². The first-order valence-electron chi connectivity index (χ1n) is 4.77. The predicted molar refractivity (Wildman–Crippen MR) is 48.1 cm³/mol. The molecule has 4 unspecified atom stereocenters. The van der Waals surface area contributed by atoms with Crippen LogP contribution in [0.15, 0.2) is 11.8 Å². The Hall–Kier alpha value is -0.870. The highest BCUT2D eigenvalue weighted by Gasteiger charge is 2.51. The van der Waals surface area contributed by atoms with Crippen LogP contribution in [0.4, 0.5) is 0 Å². The molecule has 0 radical (unpaired) electrons. The fraction of sp³-hybridized carbons (Fsp3) is 0.700. The number of hydrogen-bond acceptors (Lipinski definition) is 4. The number of aliphatic hydroxyl groups excluding tert-OH is 1. The molecule has 0 bridgehead atoms. The first-order valence-corrected chi connectivity index (χ1v) is 4.77. The van der Waals surface area contributed by atoms with Gasteiger partial charge in [0, 0.05) is 11.5 Å². The highest BCUT2D eigenvalue weighted by atomic mass is 16.6. The summed E-state index contributed by atoms with van der Waals surface area (Å²) in [5.74, 6) is -0.445. The van der Waals surface area contributed by atoms with Crippen molar-refractivity contribution in [3.05, 3.63) is 11.8 Å². The lowest BCUT2D eigenvalue weighted by Crippen LogP contribution is -2.43. The fourth-order valence-electron chi connectivity index (χ4n) is 2.54. The number of aldehydes is 1. The van der Waals surface area contributed by atoms with Crippen molar-refractivity contribution in [2.45, 2.75) is 31.7 Å². The molecule has 2 N–H and O–H groups in total. The third kappa shape index (κ3) is 1.26. The zero-order valence-electron chi connectivity index (χ0n) is 8.01. The van der Waals surface area contributed by atoms with Crippen LogP contribution in [0, 0.1) is 11.8 Å². The van der Waals surface area contributed by atoms with Crippen LogP contribution in [-0.2, 0) is 9.53 Å². The third-order valence-corrected chi connectivity index (χ3v) is 3.33. The molecule has 0 aromatic carbocycles. The fourth-order valence-corrected chi connectivity index (χ4v) is 2.54. The number of ether oxygens (including phenoxy) is 1. The van der Waals surface area contributed by atoms with E-state index in [2.05, 4.69) is 0 Å². The van der Waals surface area contributed by atoms with Gasteiger partial charge in [-0.25, -0.2) is 0 Å². The maximum absolute atomic E-state index is 10.7. The van der Waals surface area contributed by atoms with Gasteiger partial charge in [0.05, 0.1) is 17.8 Å². The summed E-state index contributed by atoms with van der Waals surface area (Å²) in [7, 11) is 0. The van der Waals surface area contributed by atoms with E-state index in [9.17, 15) is 15.0 Å². The van der Waals surface area contributed by atoms with Crippen molar-refractivity contribution in [2.75, 3.05) is 0 Å². The summed E-state index contributed by atoms with van der Waals surface area (Å²) in [5, 5.41) is 19.6. The van der Waals surface area contributed by atoms with Gasteiger partial charge in [-0.2, -0.15) is 0 Å². The Balaban J connectivity index is 2.32. The van der Waals surface area contributed by atoms with Crippen molar-refractivity contribution < 1.29 is 19.7 Å². The highest BCUT2D eigenvalue weighted by Crippen LogP contribution is 2.47. The summed E-state index contributed by atoms with van der Waals surface area (Å²) in [6.07, 6.45) is 2.36. The van der Waals surface area contributed by atoms with Crippen LogP contribution in [0.2, 0.25) is 0 Å². The molecule has 78 valence electrons. The minimum absolute atomic E-state index is 0.0637. The van der Waals surface area contributed by atoms with Gasteiger partial charge >= 0.3 is 0 Å². The minimum atomic E-state index is -0.999. The van der Waals surface area contributed by atoms with Crippen LogP contribution in [0.5, 0.6) is 0 Å². The number of hydrogen-bond donors (Lipinski definition) is 2. The molecule has 0 aromatic heterocycles. The Bertz CT molecular complexity index is 282. The third-order valence-electron chi connectivity index (χ3n) is 3.33. The maximum atomic E-state index is 10.7. The van der Waals surface area contributed by atoms with Gasteiger partial charge in [0.25, 0.3) is 0 Å². The monoisotopic (exact) mass is 198 g/mol. The Kier molecular flexibility index (Phi) is 2.12. The molecule has 4 heteroatoms. The van der Waals surface area contributed by atoms with Crippen LogP contribution in [0.1, 0.15) is 19.8 Å². The van der Waals surface area contributed by atoms with E-state index >= 15 is 0 Å². The molecular formula is C10H14O4. The summed E-state index contributed by atoms with van der Waals surface area (Å²) in [5.41, 5.74) is -0.398. The smallest absolute Gasteiger partial charge is 0.202 e. The maximum Gasteiger partial charge on any atom is 0.202 e. The van der Waals surface area contributed by atoms with Crippen molar-refractivity contribution in [1.82, 2.24) is 0 Å². The first-order chi connectivity index (χ1) is 6.56. The lowest BCUT2D eigenvalue weighted by Gasteiger charge is -2.35. The van der Waals surface area contributed by atoms with Gasteiger partial charge < -0.3 is 14.9 Å². The lowest BCUT2D eigenvalue weighted by atomic mass is 9.82. The molecule has 4 atom stereocenters. The van der Waals surface area contributed by atoms with Crippen molar-refractivity contribution >= 4 is 6.29 Å². The second-order valence-electron chi connectivity index (χ2n) is 4.29. The lowest BCUT2D eigenvalue weighted by molar-refractivity contribution is -0.161. The summed E-state index contributed by atoms with van der Waals surface area (Å²) in [6.45, 7) is 1.68. The summed E-state index contributed by atoms with van der Waals surface area (Å²) in [4.78, 5) is 10.7. The molecule has 4 nitrogen and oxygen atoms in total. The molecular weight excluding hydrogens is 184 g/mol. The molecule has 1 heterocycles. The van der Waals surface area contributed by atoms with Crippen LogP contribution >= 0.6 is 0 Å². The summed E-state index contributed by atoms with van der Waals surface area (Å²) >= 11 is 0. The quantitative estimate of drug-likeness (QED) is 0.590. The average molecular weight is 198 g/mol. The Morgan fingerprint density at radius 1 is 1.71 bits per heavy atom.